The zero-order valence-corrected chi connectivity index (χ0v) is 18.3. The second kappa shape index (κ2) is 7.97. The van der Waals surface area contributed by atoms with Crippen molar-refractivity contribution >= 4 is 16.8 Å². The van der Waals surface area contributed by atoms with E-state index < -0.39 is 5.60 Å². The van der Waals surface area contributed by atoms with Gasteiger partial charge in [-0.15, -0.1) is 0 Å². The van der Waals surface area contributed by atoms with Crippen molar-refractivity contribution in [3.8, 4) is 23.0 Å². The molecule has 0 amide bonds. The summed E-state index contributed by atoms with van der Waals surface area (Å²) in [5.74, 6) is 3.02. The van der Waals surface area contributed by atoms with E-state index in [2.05, 4.69) is 30.4 Å². The largest absolute Gasteiger partial charge is 0.497 e. The minimum absolute atomic E-state index is 0.689. The van der Waals surface area contributed by atoms with Crippen molar-refractivity contribution in [2.45, 2.75) is 5.60 Å². The van der Waals surface area contributed by atoms with Crippen LogP contribution in [0.4, 0.5) is 0 Å². The zero-order chi connectivity index (χ0) is 22.1. The summed E-state index contributed by atoms with van der Waals surface area (Å²) in [4.78, 5) is 0. The average Bonchev–Trinajstić information content (AvgIpc) is 2.87. The van der Waals surface area contributed by atoms with E-state index in [9.17, 15) is 0 Å². The number of hydrogen-bond acceptors (Lipinski definition) is 4. The van der Waals surface area contributed by atoms with Gasteiger partial charge in [-0.05, 0) is 53.3 Å². The molecular formula is C28H24O4. The maximum atomic E-state index is 6.84. The molecule has 0 saturated heterocycles. The highest BCUT2D eigenvalue weighted by Crippen LogP contribution is 2.47. The Bertz CT molecular complexity index is 1310. The lowest BCUT2D eigenvalue weighted by Gasteiger charge is -2.37. The summed E-state index contributed by atoms with van der Waals surface area (Å²) < 4.78 is 23.4. The van der Waals surface area contributed by atoms with E-state index in [1.54, 1.807) is 21.3 Å². The Hall–Kier alpha value is -3.92. The van der Waals surface area contributed by atoms with Crippen molar-refractivity contribution in [1.29, 1.82) is 0 Å². The first kappa shape index (κ1) is 20.0. The summed E-state index contributed by atoms with van der Waals surface area (Å²) >= 11 is 0. The van der Waals surface area contributed by atoms with E-state index in [4.69, 9.17) is 18.9 Å². The predicted octanol–water partition coefficient (Wildman–Crippen LogP) is 6.22. The third-order valence-electron chi connectivity index (χ3n) is 6.01. The van der Waals surface area contributed by atoms with Crippen molar-refractivity contribution in [3.05, 3.63) is 102 Å². The monoisotopic (exact) mass is 424 g/mol. The molecule has 0 saturated carbocycles. The van der Waals surface area contributed by atoms with Crippen molar-refractivity contribution < 1.29 is 18.9 Å². The molecule has 0 radical (unpaired) electrons. The second-order valence-electron chi connectivity index (χ2n) is 7.66. The highest BCUT2D eigenvalue weighted by Gasteiger charge is 2.40. The van der Waals surface area contributed by atoms with Crippen LogP contribution in [0.25, 0.3) is 16.8 Å². The van der Waals surface area contributed by atoms with Gasteiger partial charge in [0.25, 0.3) is 0 Å². The maximum Gasteiger partial charge on any atom is 0.181 e. The maximum absolute atomic E-state index is 6.84. The van der Waals surface area contributed by atoms with Gasteiger partial charge in [-0.25, -0.2) is 0 Å². The first-order valence-corrected chi connectivity index (χ1v) is 10.5. The Morgan fingerprint density at radius 3 is 2.22 bits per heavy atom. The Labute approximate surface area is 187 Å². The van der Waals surface area contributed by atoms with Crippen LogP contribution in [0.3, 0.4) is 0 Å². The SMILES string of the molecule is COc1ccc(C2(c3ccc(OC)cc3OC)C=Cc3c(ccc4ccccc34)O2)cc1. The molecule has 0 bridgehead atoms. The minimum atomic E-state index is -0.876. The van der Waals surface area contributed by atoms with E-state index in [0.717, 1.165) is 39.3 Å². The van der Waals surface area contributed by atoms with Crippen molar-refractivity contribution in [3.63, 3.8) is 0 Å². The van der Waals surface area contributed by atoms with Crippen molar-refractivity contribution in [2.75, 3.05) is 21.3 Å². The molecule has 0 aliphatic carbocycles. The molecular weight excluding hydrogens is 400 g/mol. The second-order valence-corrected chi connectivity index (χ2v) is 7.66. The Morgan fingerprint density at radius 1 is 0.719 bits per heavy atom. The summed E-state index contributed by atoms with van der Waals surface area (Å²) in [6.45, 7) is 0. The van der Waals surface area contributed by atoms with E-state index in [1.807, 2.05) is 60.7 Å². The third-order valence-corrected chi connectivity index (χ3v) is 6.01. The molecule has 4 nitrogen and oxygen atoms in total. The Morgan fingerprint density at radius 2 is 1.47 bits per heavy atom. The van der Waals surface area contributed by atoms with Crippen LogP contribution in [0.2, 0.25) is 0 Å². The van der Waals surface area contributed by atoms with Gasteiger partial charge in [0, 0.05) is 22.8 Å². The van der Waals surface area contributed by atoms with Gasteiger partial charge in [0.15, 0.2) is 5.60 Å². The first-order chi connectivity index (χ1) is 15.7. The highest BCUT2D eigenvalue weighted by molar-refractivity contribution is 5.94. The van der Waals surface area contributed by atoms with Gasteiger partial charge in [0.05, 0.1) is 21.3 Å². The summed E-state index contributed by atoms with van der Waals surface area (Å²) in [6, 6.07) is 26.2. The van der Waals surface area contributed by atoms with E-state index >= 15 is 0 Å². The Balaban J connectivity index is 1.74. The zero-order valence-electron chi connectivity index (χ0n) is 18.3. The number of methoxy groups -OCH3 is 3. The van der Waals surface area contributed by atoms with Gasteiger partial charge in [-0.3, -0.25) is 0 Å². The molecule has 4 aromatic carbocycles. The van der Waals surface area contributed by atoms with Gasteiger partial charge < -0.3 is 18.9 Å². The molecule has 4 aromatic rings. The van der Waals surface area contributed by atoms with Crippen LogP contribution in [0.15, 0.2) is 84.9 Å². The molecule has 0 fully saturated rings. The quantitative estimate of drug-likeness (QED) is 0.381. The number of ether oxygens (including phenoxy) is 4. The van der Waals surface area contributed by atoms with Gasteiger partial charge in [0.2, 0.25) is 0 Å². The molecule has 0 aromatic heterocycles. The summed E-state index contributed by atoms with van der Waals surface area (Å²) in [5, 5.41) is 2.34. The lowest BCUT2D eigenvalue weighted by Crippen LogP contribution is -2.34. The number of rotatable bonds is 5. The van der Waals surface area contributed by atoms with Gasteiger partial charge in [0.1, 0.15) is 23.0 Å². The molecule has 4 heteroatoms. The lowest BCUT2D eigenvalue weighted by molar-refractivity contribution is 0.157. The van der Waals surface area contributed by atoms with Crippen LogP contribution < -0.4 is 18.9 Å². The summed E-state index contributed by atoms with van der Waals surface area (Å²) in [6.07, 6.45) is 4.25. The van der Waals surface area contributed by atoms with Crippen molar-refractivity contribution in [2.24, 2.45) is 0 Å². The molecule has 1 aliphatic rings. The van der Waals surface area contributed by atoms with E-state index in [1.165, 1.54) is 5.39 Å². The van der Waals surface area contributed by atoms with Crippen LogP contribution in [0.1, 0.15) is 16.7 Å². The fourth-order valence-electron chi connectivity index (χ4n) is 4.34. The fraction of sp³-hybridized carbons (Fsp3) is 0.143. The number of hydrogen-bond donors (Lipinski definition) is 0. The number of fused-ring (bicyclic) bond motifs is 3. The summed E-state index contributed by atoms with van der Waals surface area (Å²) in [7, 11) is 4.97. The van der Waals surface area contributed by atoms with Gasteiger partial charge >= 0.3 is 0 Å². The number of benzene rings is 4. The highest BCUT2D eigenvalue weighted by atomic mass is 16.5. The van der Waals surface area contributed by atoms with E-state index in [-0.39, 0.29) is 0 Å². The van der Waals surface area contributed by atoms with Crippen LogP contribution in [0, 0.1) is 0 Å². The molecule has 32 heavy (non-hydrogen) atoms. The Kier molecular flexibility index (Phi) is 4.98. The van der Waals surface area contributed by atoms with Crippen LogP contribution >= 0.6 is 0 Å². The molecule has 1 unspecified atom stereocenters. The fourth-order valence-corrected chi connectivity index (χ4v) is 4.34. The summed E-state index contributed by atoms with van der Waals surface area (Å²) in [5.41, 5.74) is 2.05. The molecule has 1 heterocycles. The van der Waals surface area contributed by atoms with Crippen LogP contribution in [0.5, 0.6) is 23.0 Å². The predicted molar refractivity (Wildman–Crippen MR) is 127 cm³/mol. The van der Waals surface area contributed by atoms with Crippen LogP contribution in [-0.2, 0) is 5.60 Å². The standard InChI is InChI=1S/C28H24O4/c1-29-21-11-9-20(10-12-21)28(25-14-13-22(30-2)18-27(25)31-3)17-16-24-23-7-5-4-6-19(23)8-15-26(24)32-28/h4-18H,1-3H3. The smallest absolute Gasteiger partial charge is 0.181 e. The first-order valence-electron chi connectivity index (χ1n) is 10.5. The van der Waals surface area contributed by atoms with Crippen LogP contribution in [-0.4, -0.2) is 21.3 Å². The molecule has 1 aliphatic heterocycles. The normalized spacial score (nSPS) is 16.8. The molecule has 1 atom stereocenters. The molecule has 160 valence electrons. The third kappa shape index (κ3) is 3.16. The average molecular weight is 424 g/mol. The lowest BCUT2D eigenvalue weighted by atomic mass is 9.82. The van der Waals surface area contributed by atoms with E-state index in [0.29, 0.717) is 5.75 Å². The molecule has 0 spiro atoms. The van der Waals surface area contributed by atoms with Gasteiger partial charge in [-0.2, -0.15) is 0 Å². The topological polar surface area (TPSA) is 36.9 Å². The van der Waals surface area contributed by atoms with Gasteiger partial charge in [-0.1, -0.05) is 42.5 Å². The minimum Gasteiger partial charge on any atom is -0.497 e. The molecule has 0 N–H and O–H groups in total. The van der Waals surface area contributed by atoms with Crippen molar-refractivity contribution in [1.82, 2.24) is 0 Å². The molecule has 5 rings (SSSR count).